The molecule has 2 amide bonds. The number of aromatic nitrogens is 1. The Hall–Kier alpha value is -3.59. The second-order valence-corrected chi connectivity index (χ2v) is 7.64. The lowest BCUT2D eigenvalue weighted by Gasteiger charge is -2.37. The molecule has 0 radical (unpaired) electrons. The number of anilines is 1. The molecule has 1 unspecified atom stereocenters. The molecule has 0 spiro atoms. The normalized spacial score (nSPS) is 19.2. The molecule has 1 aromatic carbocycles. The number of hydrogen-bond acceptors (Lipinski definition) is 7. The maximum Gasteiger partial charge on any atom is 0.338 e. The van der Waals surface area contributed by atoms with Crippen molar-refractivity contribution < 1.29 is 19.1 Å². The molecule has 1 fully saturated rings. The number of methoxy groups -OCH3 is 2. The Labute approximate surface area is 187 Å². The summed E-state index contributed by atoms with van der Waals surface area (Å²) >= 11 is 0. The second-order valence-electron chi connectivity index (χ2n) is 7.64. The molecule has 9 heteroatoms. The van der Waals surface area contributed by atoms with Crippen LogP contribution in [0.4, 0.5) is 10.6 Å². The average Bonchev–Trinajstić information content (AvgIpc) is 2.84. The van der Waals surface area contributed by atoms with Gasteiger partial charge in [0.2, 0.25) is 0 Å². The van der Waals surface area contributed by atoms with Crippen LogP contribution in [0, 0.1) is 0 Å². The summed E-state index contributed by atoms with van der Waals surface area (Å²) in [5.41, 5.74) is 1.75. The Balaban J connectivity index is 1.54. The molecule has 1 atom stereocenters. The third-order valence-electron chi connectivity index (χ3n) is 5.74. The minimum Gasteiger partial charge on any atom is -0.497 e. The molecule has 32 heavy (non-hydrogen) atoms. The van der Waals surface area contributed by atoms with Gasteiger partial charge in [-0.25, -0.2) is 14.6 Å². The number of amides is 2. The monoisotopic (exact) mass is 437 g/mol. The van der Waals surface area contributed by atoms with Crippen LogP contribution in [-0.2, 0) is 9.53 Å². The molecule has 1 aromatic heterocycles. The zero-order chi connectivity index (χ0) is 22.5. The Morgan fingerprint density at radius 1 is 1.09 bits per heavy atom. The van der Waals surface area contributed by atoms with Gasteiger partial charge in [-0.05, 0) is 29.8 Å². The minimum atomic E-state index is -0.605. The van der Waals surface area contributed by atoms with Gasteiger partial charge < -0.3 is 25.0 Å². The van der Waals surface area contributed by atoms with Crippen molar-refractivity contribution in [3.05, 3.63) is 65.5 Å². The van der Waals surface area contributed by atoms with Crippen LogP contribution in [0.3, 0.4) is 0 Å². The minimum absolute atomic E-state index is 0.347. The molecular weight excluding hydrogens is 410 g/mol. The van der Waals surface area contributed by atoms with Gasteiger partial charge in [0.15, 0.2) is 0 Å². The van der Waals surface area contributed by atoms with Gasteiger partial charge in [-0.3, -0.25) is 4.90 Å². The number of rotatable bonds is 6. The molecule has 0 bridgehead atoms. The van der Waals surface area contributed by atoms with Gasteiger partial charge in [0.25, 0.3) is 0 Å². The topological polar surface area (TPSA) is 96.0 Å². The summed E-state index contributed by atoms with van der Waals surface area (Å²) in [4.78, 5) is 34.0. The fourth-order valence-electron chi connectivity index (χ4n) is 4.04. The highest BCUT2D eigenvalue weighted by atomic mass is 16.5. The van der Waals surface area contributed by atoms with Crippen molar-refractivity contribution in [2.45, 2.75) is 6.04 Å². The number of carbonyl (C=O) groups is 2. The van der Waals surface area contributed by atoms with E-state index in [9.17, 15) is 9.59 Å². The molecule has 4 rings (SSSR count). The third kappa shape index (κ3) is 4.67. The highest BCUT2D eigenvalue weighted by molar-refractivity contribution is 5.95. The average molecular weight is 438 g/mol. The molecular formula is C23H27N5O4. The van der Waals surface area contributed by atoms with E-state index in [0.29, 0.717) is 23.6 Å². The molecule has 3 heterocycles. The molecule has 0 saturated carbocycles. The number of piperazine rings is 1. The van der Waals surface area contributed by atoms with E-state index >= 15 is 0 Å². The fraction of sp³-hybridized carbons (Fsp3) is 0.348. The Morgan fingerprint density at radius 3 is 2.47 bits per heavy atom. The van der Waals surface area contributed by atoms with Crippen molar-refractivity contribution >= 4 is 17.8 Å². The number of ether oxygens (including phenoxy) is 2. The van der Waals surface area contributed by atoms with E-state index in [2.05, 4.69) is 25.4 Å². The van der Waals surface area contributed by atoms with Crippen LogP contribution in [0.1, 0.15) is 11.6 Å². The number of nitrogens with one attached hydrogen (secondary N) is 2. The summed E-state index contributed by atoms with van der Waals surface area (Å²) in [5, 5.41) is 5.68. The summed E-state index contributed by atoms with van der Waals surface area (Å²) in [7, 11) is 2.94. The first kappa shape index (κ1) is 21.6. The van der Waals surface area contributed by atoms with Crippen molar-refractivity contribution in [3.63, 3.8) is 0 Å². The van der Waals surface area contributed by atoms with Crippen molar-refractivity contribution in [2.75, 3.05) is 51.8 Å². The van der Waals surface area contributed by atoms with Crippen molar-refractivity contribution in [1.29, 1.82) is 0 Å². The van der Waals surface area contributed by atoms with Crippen LogP contribution in [0.2, 0.25) is 0 Å². The maximum absolute atomic E-state index is 12.7. The number of esters is 1. The van der Waals surface area contributed by atoms with Crippen molar-refractivity contribution in [2.24, 2.45) is 0 Å². The van der Waals surface area contributed by atoms with Gasteiger partial charge in [-0.1, -0.05) is 18.2 Å². The number of urea groups is 1. The maximum atomic E-state index is 12.7. The molecule has 168 valence electrons. The fourth-order valence-corrected chi connectivity index (χ4v) is 4.04. The van der Waals surface area contributed by atoms with Gasteiger partial charge in [0.1, 0.15) is 11.6 Å². The van der Waals surface area contributed by atoms with Crippen LogP contribution < -0.4 is 20.3 Å². The second kappa shape index (κ2) is 9.69. The van der Waals surface area contributed by atoms with Gasteiger partial charge in [-0.2, -0.15) is 0 Å². The molecule has 2 N–H and O–H groups in total. The van der Waals surface area contributed by atoms with E-state index in [1.165, 1.54) is 7.11 Å². The molecule has 1 saturated heterocycles. The Kier molecular flexibility index (Phi) is 6.55. The molecule has 2 aliphatic heterocycles. The van der Waals surface area contributed by atoms with Gasteiger partial charge >= 0.3 is 12.0 Å². The van der Waals surface area contributed by atoms with Crippen molar-refractivity contribution in [3.8, 4) is 5.75 Å². The van der Waals surface area contributed by atoms with Gasteiger partial charge in [0, 0.05) is 44.6 Å². The largest absolute Gasteiger partial charge is 0.497 e. The SMILES string of the molecule is COC(=O)C1=C(CN2CCN(c3ccccn3)CC2)NC(=O)NC1c1ccc(OC)cc1. The van der Waals surface area contributed by atoms with Gasteiger partial charge in [-0.15, -0.1) is 0 Å². The van der Waals surface area contributed by atoms with Crippen LogP contribution in [0.5, 0.6) is 5.75 Å². The zero-order valence-corrected chi connectivity index (χ0v) is 18.2. The number of hydrogen-bond donors (Lipinski definition) is 2. The van der Waals surface area contributed by atoms with E-state index < -0.39 is 12.0 Å². The number of benzene rings is 1. The van der Waals surface area contributed by atoms with Crippen molar-refractivity contribution in [1.82, 2.24) is 20.5 Å². The third-order valence-corrected chi connectivity index (χ3v) is 5.74. The zero-order valence-electron chi connectivity index (χ0n) is 18.2. The predicted molar refractivity (Wildman–Crippen MR) is 119 cm³/mol. The van der Waals surface area contributed by atoms with E-state index in [4.69, 9.17) is 9.47 Å². The summed E-state index contributed by atoms with van der Waals surface area (Å²) in [6, 6.07) is 12.2. The van der Waals surface area contributed by atoms with Crippen LogP contribution >= 0.6 is 0 Å². The highest BCUT2D eigenvalue weighted by Gasteiger charge is 2.34. The van der Waals surface area contributed by atoms with E-state index in [-0.39, 0.29) is 6.03 Å². The lowest BCUT2D eigenvalue weighted by molar-refractivity contribution is -0.136. The lowest BCUT2D eigenvalue weighted by atomic mass is 9.95. The molecule has 9 nitrogen and oxygen atoms in total. The summed E-state index contributed by atoms with van der Waals surface area (Å²) in [6.07, 6.45) is 1.79. The summed E-state index contributed by atoms with van der Waals surface area (Å²) < 4.78 is 10.3. The Morgan fingerprint density at radius 2 is 1.84 bits per heavy atom. The highest BCUT2D eigenvalue weighted by Crippen LogP contribution is 2.29. The predicted octanol–water partition coefficient (Wildman–Crippen LogP) is 1.69. The standard InChI is InChI=1S/C23H27N5O4/c1-31-17-8-6-16(7-9-17)21-20(22(29)32-2)18(25-23(30)26-21)15-27-11-13-28(14-12-27)19-5-3-4-10-24-19/h3-10,21H,11-15H2,1-2H3,(H2,25,26,30). The first-order valence-electron chi connectivity index (χ1n) is 10.5. The Bertz CT molecular complexity index is 985. The molecule has 2 aliphatic rings. The van der Waals surface area contributed by atoms with Gasteiger partial charge in [0.05, 0.1) is 25.8 Å². The number of carbonyl (C=O) groups excluding carboxylic acids is 2. The first-order chi connectivity index (χ1) is 15.6. The van der Waals surface area contributed by atoms with Crippen LogP contribution in [0.15, 0.2) is 59.9 Å². The smallest absolute Gasteiger partial charge is 0.338 e. The summed E-state index contributed by atoms with van der Waals surface area (Å²) in [6.45, 7) is 3.63. The van der Waals surface area contributed by atoms with E-state index in [1.54, 1.807) is 25.4 Å². The molecule has 2 aromatic rings. The lowest BCUT2D eigenvalue weighted by Crippen LogP contribution is -2.51. The summed E-state index contributed by atoms with van der Waals surface area (Å²) in [5.74, 6) is 1.18. The van der Waals surface area contributed by atoms with Crippen LogP contribution in [0.25, 0.3) is 0 Å². The first-order valence-corrected chi connectivity index (χ1v) is 10.5. The van der Waals surface area contributed by atoms with E-state index in [0.717, 1.165) is 37.6 Å². The van der Waals surface area contributed by atoms with E-state index in [1.807, 2.05) is 30.3 Å². The molecule has 0 aliphatic carbocycles. The van der Waals surface area contributed by atoms with Crippen LogP contribution in [-0.4, -0.2) is 68.8 Å². The quantitative estimate of drug-likeness (QED) is 0.664. The number of pyridine rings is 1. The number of nitrogens with zero attached hydrogens (tertiary/aromatic N) is 3.